The second-order valence-corrected chi connectivity index (χ2v) is 5.23. The quantitative estimate of drug-likeness (QED) is 0.885. The highest BCUT2D eigenvalue weighted by Crippen LogP contribution is 2.37. The predicted octanol–water partition coefficient (Wildman–Crippen LogP) is 3.69. The van der Waals surface area contributed by atoms with Crippen molar-refractivity contribution >= 4 is 10.9 Å². The molecule has 1 aromatic carbocycles. The number of rotatable bonds is 3. The fourth-order valence-electron chi connectivity index (χ4n) is 3.33. The number of nitrogens with one attached hydrogen (secondary N) is 1. The Balaban J connectivity index is 2.06. The third-order valence-corrected chi connectivity index (χ3v) is 4.20. The van der Waals surface area contributed by atoms with Crippen molar-refractivity contribution < 1.29 is 0 Å². The molecule has 2 heteroatoms. The number of para-hydroxylation sites is 1. The largest absolute Gasteiger partial charge is 0.313 e. The second kappa shape index (κ2) is 5.07. The SMILES string of the molecule is CNC(c1ccnc2ccccc12)C1CCCC1. The molecule has 0 bridgehead atoms. The van der Waals surface area contributed by atoms with Crippen molar-refractivity contribution in [1.29, 1.82) is 0 Å². The van der Waals surface area contributed by atoms with Gasteiger partial charge in [0.2, 0.25) is 0 Å². The van der Waals surface area contributed by atoms with Gasteiger partial charge in [0.25, 0.3) is 0 Å². The van der Waals surface area contributed by atoms with Gasteiger partial charge >= 0.3 is 0 Å². The van der Waals surface area contributed by atoms with Crippen molar-refractivity contribution in [2.24, 2.45) is 5.92 Å². The first kappa shape index (κ1) is 11.7. The van der Waals surface area contributed by atoms with Gasteiger partial charge in [0, 0.05) is 17.6 Å². The van der Waals surface area contributed by atoms with Crippen LogP contribution in [0.2, 0.25) is 0 Å². The summed E-state index contributed by atoms with van der Waals surface area (Å²) in [5.74, 6) is 0.779. The number of hydrogen-bond acceptors (Lipinski definition) is 2. The number of aromatic nitrogens is 1. The first-order valence-corrected chi connectivity index (χ1v) is 6.91. The molecule has 1 aliphatic carbocycles. The van der Waals surface area contributed by atoms with E-state index in [0.29, 0.717) is 6.04 Å². The molecule has 1 N–H and O–H groups in total. The smallest absolute Gasteiger partial charge is 0.0705 e. The molecule has 1 atom stereocenters. The molecule has 2 nitrogen and oxygen atoms in total. The van der Waals surface area contributed by atoms with Crippen LogP contribution in [0.5, 0.6) is 0 Å². The predicted molar refractivity (Wildman–Crippen MR) is 75.5 cm³/mol. The minimum atomic E-state index is 0.473. The lowest BCUT2D eigenvalue weighted by Crippen LogP contribution is -2.23. The Kier molecular flexibility index (Phi) is 3.28. The van der Waals surface area contributed by atoms with Gasteiger partial charge in [0.1, 0.15) is 0 Å². The first-order valence-electron chi connectivity index (χ1n) is 6.91. The summed E-state index contributed by atoms with van der Waals surface area (Å²) in [6.45, 7) is 0. The fraction of sp³-hybridized carbons (Fsp3) is 0.438. The summed E-state index contributed by atoms with van der Waals surface area (Å²) in [6.07, 6.45) is 7.40. The van der Waals surface area contributed by atoms with E-state index >= 15 is 0 Å². The maximum Gasteiger partial charge on any atom is 0.0705 e. The Labute approximate surface area is 108 Å². The van der Waals surface area contributed by atoms with Gasteiger partial charge in [0.15, 0.2) is 0 Å². The number of hydrogen-bond donors (Lipinski definition) is 1. The average molecular weight is 240 g/mol. The molecule has 0 radical (unpaired) electrons. The van der Waals surface area contributed by atoms with Gasteiger partial charge in [-0.25, -0.2) is 0 Å². The van der Waals surface area contributed by atoms with E-state index in [1.54, 1.807) is 0 Å². The van der Waals surface area contributed by atoms with Crippen LogP contribution in [0.4, 0.5) is 0 Å². The fourth-order valence-corrected chi connectivity index (χ4v) is 3.33. The average Bonchev–Trinajstić information content (AvgIpc) is 2.94. The van der Waals surface area contributed by atoms with E-state index in [1.807, 2.05) is 6.20 Å². The molecule has 1 unspecified atom stereocenters. The summed E-state index contributed by atoms with van der Waals surface area (Å²) in [7, 11) is 2.08. The van der Waals surface area contributed by atoms with Crippen LogP contribution >= 0.6 is 0 Å². The maximum absolute atomic E-state index is 4.46. The van der Waals surface area contributed by atoms with Crippen molar-refractivity contribution in [1.82, 2.24) is 10.3 Å². The molecule has 0 amide bonds. The third kappa shape index (κ3) is 2.01. The molecule has 1 aliphatic rings. The minimum Gasteiger partial charge on any atom is -0.313 e. The molecular weight excluding hydrogens is 220 g/mol. The summed E-state index contributed by atoms with van der Waals surface area (Å²) < 4.78 is 0. The molecule has 3 rings (SSSR count). The van der Waals surface area contributed by atoms with Crippen LogP contribution in [0.15, 0.2) is 36.5 Å². The Morgan fingerprint density at radius 3 is 2.72 bits per heavy atom. The zero-order chi connectivity index (χ0) is 12.4. The van der Waals surface area contributed by atoms with E-state index in [4.69, 9.17) is 0 Å². The Hall–Kier alpha value is -1.41. The van der Waals surface area contributed by atoms with Gasteiger partial charge in [-0.15, -0.1) is 0 Å². The standard InChI is InChI=1S/C16H20N2/c1-17-16(12-6-2-3-7-12)14-10-11-18-15-9-5-4-8-13(14)15/h4-5,8-12,16-17H,2-3,6-7H2,1H3. The molecule has 1 aromatic heterocycles. The molecule has 1 fully saturated rings. The van der Waals surface area contributed by atoms with E-state index in [9.17, 15) is 0 Å². The van der Waals surface area contributed by atoms with Crippen LogP contribution in [0, 0.1) is 5.92 Å². The lowest BCUT2D eigenvalue weighted by Gasteiger charge is -2.24. The minimum absolute atomic E-state index is 0.473. The summed E-state index contributed by atoms with van der Waals surface area (Å²) in [6, 6.07) is 11.1. The number of nitrogens with zero attached hydrogens (tertiary/aromatic N) is 1. The third-order valence-electron chi connectivity index (χ3n) is 4.20. The zero-order valence-electron chi connectivity index (χ0n) is 10.9. The molecule has 1 heterocycles. The van der Waals surface area contributed by atoms with Crippen LogP contribution in [0.25, 0.3) is 10.9 Å². The molecule has 0 saturated heterocycles. The van der Waals surface area contributed by atoms with Gasteiger partial charge in [-0.3, -0.25) is 4.98 Å². The van der Waals surface area contributed by atoms with Crippen molar-refractivity contribution in [3.05, 3.63) is 42.1 Å². The molecule has 0 aliphatic heterocycles. The molecule has 94 valence electrons. The van der Waals surface area contributed by atoms with E-state index in [0.717, 1.165) is 11.4 Å². The zero-order valence-corrected chi connectivity index (χ0v) is 10.9. The Bertz CT molecular complexity index is 524. The summed E-state index contributed by atoms with van der Waals surface area (Å²) in [5.41, 5.74) is 2.52. The van der Waals surface area contributed by atoms with Crippen LogP contribution in [0.1, 0.15) is 37.3 Å². The lowest BCUT2D eigenvalue weighted by molar-refractivity contribution is 0.392. The highest BCUT2D eigenvalue weighted by Gasteiger charge is 2.26. The summed E-state index contributed by atoms with van der Waals surface area (Å²) >= 11 is 0. The van der Waals surface area contributed by atoms with E-state index < -0.39 is 0 Å². The van der Waals surface area contributed by atoms with E-state index in [2.05, 4.69) is 47.7 Å². The van der Waals surface area contributed by atoms with Crippen LogP contribution < -0.4 is 5.32 Å². The number of benzene rings is 1. The molecular formula is C16H20N2. The van der Waals surface area contributed by atoms with Gasteiger partial charge < -0.3 is 5.32 Å². The van der Waals surface area contributed by atoms with E-state index in [-0.39, 0.29) is 0 Å². The highest BCUT2D eigenvalue weighted by atomic mass is 14.9. The molecule has 2 aromatic rings. The molecule has 18 heavy (non-hydrogen) atoms. The van der Waals surface area contributed by atoms with Gasteiger partial charge in [-0.1, -0.05) is 31.0 Å². The van der Waals surface area contributed by atoms with Crippen LogP contribution in [0.3, 0.4) is 0 Å². The van der Waals surface area contributed by atoms with E-state index in [1.165, 1.54) is 36.6 Å². The van der Waals surface area contributed by atoms with Gasteiger partial charge in [0.05, 0.1) is 5.52 Å². The highest BCUT2D eigenvalue weighted by molar-refractivity contribution is 5.82. The Morgan fingerprint density at radius 1 is 1.17 bits per heavy atom. The molecule has 1 saturated carbocycles. The first-order chi connectivity index (χ1) is 8.90. The number of fused-ring (bicyclic) bond motifs is 1. The summed E-state index contributed by atoms with van der Waals surface area (Å²) in [4.78, 5) is 4.46. The molecule has 0 spiro atoms. The topological polar surface area (TPSA) is 24.9 Å². The maximum atomic E-state index is 4.46. The second-order valence-electron chi connectivity index (χ2n) is 5.23. The Morgan fingerprint density at radius 2 is 1.94 bits per heavy atom. The van der Waals surface area contributed by atoms with Crippen LogP contribution in [-0.4, -0.2) is 12.0 Å². The lowest BCUT2D eigenvalue weighted by atomic mass is 9.90. The monoisotopic (exact) mass is 240 g/mol. The van der Waals surface area contributed by atoms with Crippen molar-refractivity contribution in [2.45, 2.75) is 31.7 Å². The summed E-state index contributed by atoms with van der Waals surface area (Å²) in [5, 5.41) is 4.82. The normalized spacial score (nSPS) is 18.3. The number of pyridine rings is 1. The van der Waals surface area contributed by atoms with Crippen molar-refractivity contribution in [3.8, 4) is 0 Å². The van der Waals surface area contributed by atoms with Crippen LogP contribution in [-0.2, 0) is 0 Å². The van der Waals surface area contributed by atoms with Gasteiger partial charge in [-0.2, -0.15) is 0 Å². The van der Waals surface area contributed by atoms with Crippen molar-refractivity contribution in [2.75, 3.05) is 7.05 Å². The van der Waals surface area contributed by atoms with Gasteiger partial charge in [-0.05, 0) is 43.5 Å². The van der Waals surface area contributed by atoms with Crippen molar-refractivity contribution in [3.63, 3.8) is 0 Å².